The van der Waals surface area contributed by atoms with Crippen LogP contribution in [0, 0.1) is 0 Å². The van der Waals surface area contributed by atoms with Gasteiger partial charge in [0, 0.05) is 67.7 Å². The van der Waals surface area contributed by atoms with Crippen molar-refractivity contribution in [2.45, 2.75) is 0 Å². The molecule has 9 aromatic carbocycles. The first-order chi connectivity index (χ1) is 33.3. The van der Waals surface area contributed by atoms with Gasteiger partial charge in [0.25, 0.3) is 0 Å². The molecule has 5 heterocycles. The van der Waals surface area contributed by atoms with Crippen LogP contribution in [0.15, 0.2) is 231 Å². The molecule has 1 aliphatic heterocycles. The van der Waals surface area contributed by atoms with Crippen LogP contribution in [0.2, 0.25) is 0 Å². The van der Waals surface area contributed by atoms with Crippen molar-refractivity contribution in [3.05, 3.63) is 231 Å². The monoisotopic (exact) mass is 860 g/mol. The molecule has 0 bridgehead atoms. The van der Waals surface area contributed by atoms with Gasteiger partial charge in [-0.15, -0.1) is 0 Å². The summed E-state index contributed by atoms with van der Waals surface area (Å²) in [6.07, 6.45) is 1.84. The van der Waals surface area contributed by atoms with Gasteiger partial charge in [-0.3, -0.25) is 4.57 Å². The molecule has 7 nitrogen and oxygen atoms in total. The fourth-order valence-corrected chi connectivity index (χ4v) is 10.7. The summed E-state index contributed by atoms with van der Waals surface area (Å²) in [7, 11) is 0. The number of ether oxygens (including phenoxy) is 1. The van der Waals surface area contributed by atoms with Crippen LogP contribution in [0.3, 0.4) is 0 Å². The van der Waals surface area contributed by atoms with Gasteiger partial charge < -0.3 is 23.7 Å². The Balaban J connectivity index is 0.960. The van der Waals surface area contributed by atoms with Crippen LogP contribution < -0.4 is 14.5 Å². The largest absolute Gasteiger partial charge is 0.457 e. The number of para-hydroxylation sites is 7. The number of nitrogens with zero attached hydrogens (tertiary/aromatic N) is 6. The molecule has 0 saturated heterocycles. The molecule has 0 atom stereocenters. The molecule has 0 saturated carbocycles. The van der Waals surface area contributed by atoms with Gasteiger partial charge in [-0.05, 0) is 97.1 Å². The Kier molecular flexibility index (Phi) is 8.21. The SMILES string of the molecule is c1ccc(-n2c3ccccc3c3cc4c5ccccc5n(-c5ccccc5)c4c(N4CN(c5cccc(Oc6ccc7c8ccccc8n(-c8ccccn8)c7c6)c5)c5ccccc54)c32)cc1. The fourth-order valence-electron chi connectivity index (χ4n) is 10.7. The molecule has 7 heteroatoms. The lowest BCUT2D eigenvalue weighted by Crippen LogP contribution is -2.25. The van der Waals surface area contributed by atoms with E-state index in [0.29, 0.717) is 6.67 Å². The Hall–Kier alpha value is -9.07. The van der Waals surface area contributed by atoms with E-state index in [2.05, 4.69) is 224 Å². The van der Waals surface area contributed by atoms with E-state index in [1.165, 1.54) is 38.0 Å². The summed E-state index contributed by atoms with van der Waals surface area (Å²) in [5, 5.41) is 7.18. The molecular formula is C60H40N6O. The van der Waals surface area contributed by atoms with Crippen LogP contribution in [0.5, 0.6) is 11.5 Å². The van der Waals surface area contributed by atoms with E-state index < -0.39 is 0 Å². The first kappa shape index (κ1) is 37.3. The number of hydrogen-bond donors (Lipinski definition) is 0. The van der Waals surface area contributed by atoms with Crippen LogP contribution in [0.25, 0.3) is 82.6 Å². The minimum absolute atomic E-state index is 0.569. The highest BCUT2D eigenvalue weighted by Gasteiger charge is 2.34. The molecule has 0 unspecified atom stereocenters. The molecule has 0 fully saturated rings. The minimum atomic E-state index is 0.569. The van der Waals surface area contributed by atoms with Crippen molar-refractivity contribution in [3.63, 3.8) is 0 Å². The Morgan fingerprint density at radius 3 is 1.48 bits per heavy atom. The Morgan fingerprint density at radius 2 is 0.851 bits per heavy atom. The number of fused-ring (bicyclic) bond motifs is 10. The fraction of sp³-hybridized carbons (Fsp3) is 0.0167. The topological polar surface area (TPSA) is 43.4 Å². The Bertz CT molecular complexity index is 3930. The third kappa shape index (κ3) is 5.68. The average molecular weight is 861 g/mol. The smallest absolute Gasteiger partial charge is 0.137 e. The van der Waals surface area contributed by atoms with E-state index in [1.54, 1.807) is 0 Å². The Morgan fingerprint density at radius 1 is 0.343 bits per heavy atom. The van der Waals surface area contributed by atoms with Crippen LogP contribution in [0.4, 0.5) is 22.7 Å². The van der Waals surface area contributed by atoms with Gasteiger partial charge in [0.05, 0.1) is 50.2 Å². The lowest BCUT2D eigenvalue weighted by molar-refractivity contribution is 0.483. The van der Waals surface area contributed by atoms with Gasteiger partial charge in [-0.2, -0.15) is 0 Å². The third-order valence-corrected chi connectivity index (χ3v) is 13.5. The van der Waals surface area contributed by atoms with Gasteiger partial charge >= 0.3 is 0 Å². The maximum atomic E-state index is 6.80. The lowest BCUT2D eigenvalue weighted by atomic mass is 10.1. The molecule has 0 aliphatic carbocycles. The molecule has 1 aliphatic rings. The number of benzene rings is 9. The molecule has 0 N–H and O–H groups in total. The molecule has 13 aromatic rings. The summed E-state index contributed by atoms with van der Waals surface area (Å²) in [4.78, 5) is 9.70. The molecule has 316 valence electrons. The predicted octanol–water partition coefficient (Wildman–Crippen LogP) is 15.4. The number of rotatable bonds is 7. The van der Waals surface area contributed by atoms with Crippen molar-refractivity contribution in [1.82, 2.24) is 18.7 Å². The molecule has 0 radical (unpaired) electrons. The van der Waals surface area contributed by atoms with Crippen molar-refractivity contribution >= 4 is 88.2 Å². The zero-order valence-electron chi connectivity index (χ0n) is 36.2. The zero-order chi connectivity index (χ0) is 44.0. The standard InChI is InChI=1S/C60H40N6O/c1-3-18-40(19-4-1)64-51-27-10-8-25-46(51)49-38-50-47-26-9-11-28-52(47)65(41-20-5-2-6-21-41)59(50)60(58(49)64)63-39-62(54-30-13-14-31-55(54)63)42-22-17-23-43(36-42)67-44-33-34-48-45-24-7-12-29-53(45)66(56(48)37-44)57-32-15-16-35-61-57/h1-38H,39H2. The lowest BCUT2D eigenvalue weighted by Gasteiger charge is -2.26. The first-order valence-electron chi connectivity index (χ1n) is 22.7. The highest BCUT2D eigenvalue weighted by atomic mass is 16.5. The van der Waals surface area contributed by atoms with E-state index in [-0.39, 0.29) is 0 Å². The van der Waals surface area contributed by atoms with Crippen molar-refractivity contribution in [3.8, 4) is 28.7 Å². The van der Waals surface area contributed by atoms with Crippen molar-refractivity contribution in [1.29, 1.82) is 0 Å². The predicted molar refractivity (Wildman–Crippen MR) is 276 cm³/mol. The van der Waals surface area contributed by atoms with Gasteiger partial charge in [-0.25, -0.2) is 4.98 Å². The van der Waals surface area contributed by atoms with Crippen LogP contribution in [-0.2, 0) is 0 Å². The molecule has 4 aromatic heterocycles. The molecule has 14 rings (SSSR count). The molecule has 67 heavy (non-hydrogen) atoms. The maximum absolute atomic E-state index is 6.80. The summed E-state index contributed by atoms with van der Waals surface area (Å²) in [5.74, 6) is 2.38. The van der Waals surface area contributed by atoms with E-state index in [9.17, 15) is 0 Å². The van der Waals surface area contributed by atoms with E-state index in [4.69, 9.17) is 9.72 Å². The second kappa shape index (κ2) is 14.7. The van der Waals surface area contributed by atoms with Gasteiger partial charge in [0.15, 0.2) is 0 Å². The van der Waals surface area contributed by atoms with E-state index in [1.807, 2.05) is 30.5 Å². The van der Waals surface area contributed by atoms with Crippen LogP contribution in [-0.4, -0.2) is 25.4 Å². The van der Waals surface area contributed by atoms with Crippen molar-refractivity contribution < 1.29 is 4.74 Å². The van der Waals surface area contributed by atoms with Gasteiger partial charge in [0.2, 0.25) is 0 Å². The van der Waals surface area contributed by atoms with Crippen LogP contribution in [0.1, 0.15) is 0 Å². The molecular weight excluding hydrogens is 821 g/mol. The normalized spacial score (nSPS) is 12.7. The summed E-state index contributed by atoms with van der Waals surface area (Å²) < 4.78 is 14.0. The second-order valence-corrected chi connectivity index (χ2v) is 17.2. The van der Waals surface area contributed by atoms with Gasteiger partial charge in [0.1, 0.15) is 24.0 Å². The minimum Gasteiger partial charge on any atom is -0.457 e. The summed E-state index contributed by atoms with van der Waals surface area (Å²) in [6.45, 7) is 0.569. The number of hydrogen-bond acceptors (Lipinski definition) is 4. The number of pyridine rings is 1. The van der Waals surface area contributed by atoms with Crippen LogP contribution >= 0.6 is 0 Å². The first-order valence-corrected chi connectivity index (χ1v) is 22.7. The van der Waals surface area contributed by atoms with E-state index in [0.717, 1.165) is 78.9 Å². The molecule has 0 amide bonds. The van der Waals surface area contributed by atoms with Crippen molar-refractivity contribution in [2.75, 3.05) is 16.5 Å². The number of aromatic nitrogens is 4. The average Bonchev–Trinajstić information content (AvgIpc) is 4.13. The summed E-state index contributed by atoms with van der Waals surface area (Å²) in [6, 6.07) is 79.9. The van der Waals surface area contributed by atoms with Gasteiger partial charge in [-0.1, -0.05) is 115 Å². The second-order valence-electron chi connectivity index (χ2n) is 17.2. The zero-order valence-corrected chi connectivity index (χ0v) is 36.2. The Labute approximate surface area is 385 Å². The number of anilines is 4. The maximum Gasteiger partial charge on any atom is 0.137 e. The molecule has 0 spiro atoms. The van der Waals surface area contributed by atoms with E-state index >= 15 is 0 Å². The third-order valence-electron chi connectivity index (χ3n) is 13.5. The highest BCUT2D eigenvalue weighted by molar-refractivity contribution is 6.26. The highest BCUT2D eigenvalue weighted by Crippen LogP contribution is 2.52. The summed E-state index contributed by atoms with van der Waals surface area (Å²) in [5.41, 5.74) is 13.5. The van der Waals surface area contributed by atoms with Crippen molar-refractivity contribution in [2.24, 2.45) is 0 Å². The summed E-state index contributed by atoms with van der Waals surface area (Å²) >= 11 is 0. The quantitative estimate of drug-likeness (QED) is 0.160.